The van der Waals surface area contributed by atoms with Crippen LogP contribution in [0, 0.1) is 24.1 Å². The topological polar surface area (TPSA) is 12.0 Å². The third kappa shape index (κ3) is 3.24. The van der Waals surface area contributed by atoms with Crippen LogP contribution in [0.3, 0.4) is 0 Å². The average molecular weight is 249 g/mol. The molecule has 2 unspecified atom stereocenters. The molecule has 1 nitrogen and oxygen atoms in total. The number of hydrogen-bond acceptors (Lipinski definition) is 1. The number of hydrogen-bond donors (Lipinski definition) is 1. The van der Waals surface area contributed by atoms with Gasteiger partial charge in [-0.3, -0.25) is 0 Å². The first-order valence-electron chi connectivity index (χ1n) is 6.88. The molecule has 1 fully saturated rings. The quantitative estimate of drug-likeness (QED) is 0.796. The Labute approximate surface area is 110 Å². The molecule has 1 aromatic carbocycles. The Hall–Kier alpha value is -1.05. The molecule has 0 amide bonds. The molecule has 1 saturated carbocycles. The molecule has 0 bridgehead atoms. The van der Waals surface area contributed by atoms with Crippen molar-refractivity contribution >= 4 is 5.69 Å². The highest BCUT2D eigenvalue weighted by molar-refractivity contribution is 5.51. The maximum Gasteiger partial charge on any atom is 0.125 e. The van der Waals surface area contributed by atoms with Gasteiger partial charge in [0.25, 0.3) is 0 Å². The van der Waals surface area contributed by atoms with E-state index in [-0.39, 0.29) is 5.82 Å². The summed E-state index contributed by atoms with van der Waals surface area (Å²) >= 11 is 0. The van der Waals surface area contributed by atoms with Gasteiger partial charge in [-0.1, -0.05) is 26.8 Å². The third-order valence-electron chi connectivity index (χ3n) is 3.95. The Balaban J connectivity index is 2.11. The minimum Gasteiger partial charge on any atom is -0.382 e. The van der Waals surface area contributed by atoms with Crippen LogP contribution in [0.5, 0.6) is 0 Å². The SMILES string of the molecule is Cc1ccc(F)cc1NC1CC(C)CC(C)(C)C1. The first-order valence-corrected chi connectivity index (χ1v) is 6.88. The van der Waals surface area contributed by atoms with Gasteiger partial charge in [0.05, 0.1) is 0 Å². The Morgan fingerprint density at radius 1 is 1.28 bits per heavy atom. The van der Waals surface area contributed by atoms with Crippen molar-refractivity contribution in [3.05, 3.63) is 29.6 Å². The van der Waals surface area contributed by atoms with Gasteiger partial charge in [0, 0.05) is 11.7 Å². The maximum absolute atomic E-state index is 13.3. The monoisotopic (exact) mass is 249 g/mol. The zero-order chi connectivity index (χ0) is 13.3. The molecule has 18 heavy (non-hydrogen) atoms. The van der Waals surface area contributed by atoms with Crippen LogP contribution < -0.4 is 5.32 Å². The van der Waals surface area contributed by atoms with Crippen LogP contribution in [0.25, 0.3) is 0 Å². The molecule has 1 aliphatic rings. The van der Waals surface area contributed by atoms with Crippen molar-refractivity contribution in [2.45, 2.75) is 53.0 Å². The first kappa shape index (κ1) is 13.4. The van der Waals surface area contributed by atoms with E-state index in [0.717, 1.165) is 23.6 Å². The lowest BCUT2D eigenvalue weighted by Crippen LogP contribution is -2.35. The van der Waals surface area contributed by atoms with Crippen LogP contribution in [-0.2, 0) is 0 Å². The second kappa shape index (κ2) is 4.91. The molecule has 0 aliphatic heterocycles. The van der Waals surface area contributed by atoms with Crippen LogP contribution >= 0.6 is 0 Å². The van der Waals surface area contributed by atoms with Crippen LogP contribution in [0.15, 0.2) is 18.2 Å². The van der Waals surface area contributed by atoms with Crippen LogP contribution in [0.4, 0.5) is 10.1 Å². The van der Waals surface area contributed by atoms with E-state index < -0.39 is 0 Å². The standard InChI is InChI=1S/C16H24FN/c1-11-7-14(10-16(3,4)9-11)18-15-8-13(17)6-5-12(15)2/h5-6,8,11,14,18H,7,9-10H2,1-4H3. The van der Waals surface area contributed by atoms with Gasteiger partial charge in [-0.25, -0.2) is 4.39 Å². The molecule has 100 valence electrons. The Kier molecular flexibility index (Phi) is 3.65. The molecular formula is C16H24FN. The van der Waals surface area contributed by atoms with Crippen molar-refractivity contribution in [1.29, 1.82) is 0 Å². The molecule has 0 radical (unpaired) electrons. The fraction of sp³-hybridized carbons (Fsp3) is 0.625. The first-order chi connectivity index (χ1) is 8.35. The molecule has 2 rings (SSSR count). The van der Waals surface area contributed by atoms with Gasteiger partial charge < -0.3 is 5.32 Å². The van der Waals surface area contributed by atoms with Gasteiger partial charge in [-0.05, 0) is 55.2 Å². The zero-order valence-electron chi connectivity index (χ0n) is 11.9. The van der Waals surface area contributed by atoms with E-state index in [1.807, 2.05) is 13.0 Å². The molecule has 1 aromatic rings. The summed E-state index contributed by atoms with van der Waals surface area (Å²) < 4.78 is 13.3. The number of halogens is 1. The Bertz CT molecular complexity index is 425. The highest BCUT2D eigenvalue weighted by atomic mass is 19.1. The molecule has 1 N–H and O–H groups in total. The summed E-state index contributed by atoms with van der Waals surface area (Å²) in [4.78, 5) is 0. The van der Waals surface area contributed by atoms with Crippen molar-refractivity contribution in [2.24, 2.45) is 11.3 Å². The second-order valence-electron chi connectivity index (χ2n) is 6.71. The van der Waals surface area contributed by atoms with Crippen molar-refractivity contribution < 1.29 is 4.39 Å². The van der Waals surface area contributed by atoms with E-state index in [0.29, 0.717) is 11.5 Å². The van der Waals surface area contributed by atoms with E-state index in [1.54, 1.807) is 6.07 Å². The Morgan fingerprint density at radius 3 is 2.67 bits per heavy atom. The van der Waals surface area contributed by atoms with Gasteiger partial charge in [-0.15, -0.1) is 0 Å². The molecule has 0 spiro atoms. The lowest BCUT2D eigenvalue weighted by atomic mass is 9.70. The molecule has 1 aliphatic carbocycles. The lowest BCUT2D eigenvalue weighted by Gasteiger charge is -2.39. The summed E-state index contributed by atoms with van der Waals surface area (Å²) in [5, 5.41) is 3.54. The summed E-state index contributed by atoms with van der Waals surface area (Å²) in [5.41, 5.74) is 2.45. The van der Waals surface area contributed by atoms with Gasteiger partial charge in [-0.2, -0.15) is 0 Å². The summed E-state index contributed by atoms with van der Waals surface area (Å²) in [6.45, 7) is 9.00. The third-order valence-corrected chi connectivity index (χ3v) is 3.95. The molecule has 0 saturated heterocycles. The van der Waals surface area contributed by atoms with E-state index in [2.05, 4.69) is 26.1 Å². The van der Waals surface area contributed by atoms with Gasteiger partial charge in [0.2, 0.25) is 0 Å². The van der Waals surface area contributed by atoms with E-state index in [9.17, 15) is 4.39 Å². The maximum atomic E-state index is 13.3. The summed E-state index contributed by atoms with van der Waals surface area (Å²) in [7, 11) is 0. The van der Waals surface area contributed by atoms with Crippen molar-refractivity contribution in [2.75, 3.05) is 5.32 Å². The number of nitrogens with one attached hydrogen (secondary N) is 1. The predicted molar refractivity (Wildman–Crippen MR) is 75.3 cm³/mol. The average Bonchev–Trinajstić information content (AvgIpc) is 2.20. The van der Waals surface area contributed by atoms with Gasteiger partial charge in [0.15, 0.2) is 0 Å². The van der Waals surface area contributed by atoms with Gasteiger partial charge in [0.1, 0.15) is 5.82 Å². The van der Waals surface area contributed by atoms with Crippen molar-refractivity contribution in [3.8, 4) is 0 Å². The fourth-order valence-corrected chi connectivity index (χ4v) is 3.43. The van der Waals surface area contributed by atoms with Gasteiger partial charge >= 0.3 is 0 Å². The lowest BCUT2D eigenvalue weighted by molar-refractivity contribution is 0.178. The molecule has 2 atom stereocenters. The second-order valence-corrected chi connectivity index (χ2v) is 6.71. The normalized spacial score (nSPS) is 26.9. The molecule has 2 heteroatoms. The number of benzene rings is 1. The largest absolute Gasteiger partial charge is 0.382 e. The molecule has 0 heterocycles. The van der Waals surface area contributed by atoms with Crippen LogP contribution in [-0.4, -0.2) is 6.04 Å². The highest BCUT2D eigenvalue weighted by Crippen LogP contribution is 2.39. The van der Waals surface area contributed by atoms with Crippen LogP contribution in [0.2, 0.25) is 0 Å². The predicted octanol–water partition coefficient (Wildman–Crippen LogP) is 4.76. The van der Waals surface area contributed by atoms with Crippen molar-refractivity contribution in [3.63, 3.8) is 0 Å². The zero-order valence-corrected chi connectivity index (χ0v) is 11.9. The summed E-state index contributed by atoms with van der Waals surface area (Å²) in [6.07, 6.45) is 3.62. The number of rotatable bonds is 2. The summed E-state index contributed by atoms with van der Waals surface area (Å²) in [6, 6.07) is 5.44. The Morgan fingerprint density at radius 2 is 2.00 bits per heavy atom. The fourth-order valence-electron chi connectivity index (χ4n) is 3.43. The number of anilines is 1. The minimum atomic E-state index is -0.161. The number of aryl methyl sites for hydroxylation is 1. The van der Waals surface area contributed by atoms with E-state index in [4.69, 9.17) is 0 Å². The van der Waals surface area contributed by atoms with E-state index in [1.165, 1.54) is 18.9 Å². The smallest absolute Gasteiger partial charge is 0.125 e. The van der Waals surface area contributed by atoms with E-state index >= 15 is 0 Å². The molecular weight excluding hydrogens is 225 g/mol. The molecule has 0 aromatic heterocycles. The van der Waals surface area contributed by atoms with Crippen LogP contribution in [0.1, 0.15) is 45.6 Å². The van der Waals surface area contributed by atoms with Crippen molar-refractivity contribution in [1.82, 2.24) is 0 Å². The minimum absolute atomic E-state index is 0.161. The summed E-state index contributed by atoms with van der Waals surface area (Å²) in [5.74, 6) is 0.575. The highest BCUT2D eigenvalue weighted by Gasteiger charge is 2.32.